The number of hydrogen-bond acceptors (Lipinski definition) is 2. The number of hydrogen-bond donors (Lipinski definition) is 1. The maximum absolute atomic E-state index is 13.7. The molecule has 1 atom stereocenters. The van der Waals surface area contributed by atoms with Crippen LogP contribution in [0.1, 0.15) is 30.6 Å². The summed E-state index contributed by atoms with van der Waals surface area (Å²) in [6, 6.07) is 4.69. The van der Waals surface area contributed by atoms with Gasteiger partial charge >= 0.3 is 0 Å². The second-order valence-electron chi connectivity index (χ2n) is 5.02. The monoisotopic (exact) mass is 414 g/mol. The molecule has 114 valence electrons. The molecule has 1 aromatic rings. The van der Waals surface area contributed by atoms with Crippen molar-refractivity contribution in [2.75, 3.05) is 13.6 Å². The van der Waals surface area contributed by atoms with Gasteiger partial charge in [-0.2, -0.15) is 0 Å². The minimum absolute atomic E-state index is 0. The number of carbonyl (C=O) groups excluding carboxylic acids is 1. The Morgan fingerprint density at radius 2 is 2.05 bits per heavy atom. The normalized spacial score (nSPS) is 11.9. The van der Waals surface area contributed by atoms with Gasteiger partial charge in [-0.3, -0.25) is 4.79 Å². The Bertz CT molecular complexity index is 437. The predicted molar refractivity (Wildman–Crippen MR) is 90.8 cm³/mol. The molecule has 0 saturated carbocycles. The van der Waals surface area contributed by atoms with Crippen LogP contribution in [-0.4, -0.2) is 30.4 Å². The summed E-state index contributed by atoms with van der Waals surface area (Å²) in [7, 11) is 1.68. The molecule has 0 aliphatic rings. The van der Waals surface area contributed by atoms with E-state index in [1.165, 1.54) is 11.0 Å². The number of rotatable bonds is 5. The summed E-state index contributed by atoms with van der Waals surface area (Å²) in [5.41, 5.74) is 6.09. The number of carbonyl (C=O) groups is 1. The number of benzene rings is 1. The minimum atomic E-state index is -0.475. The van der Waals surface area contributed by atoms with Crippen LogP contribution in [0.2, 0.25) is 0 Å². The van der Waals surface area contributed by atoms with Crippen molar-refractivity contribution < 1.29 is 9.18 Å². The van der Waals surface area contributed by atoms with Crippen molar-refractivity contribution in [3.8, 4) is 0 Å². The van der Waals surface area contributed by atoms with E-state index in [1.54, 1.807) is 19.2 Å². The van der Waals surface area contributed by atoms with Crippen LogP contribution in [0.4, 0.5) is 4.39 Å². The number of halogens is 3. The lowest BCUT2D eigenvalue weighted by Gasteiger charge is -2.22. The Labute approximate surface area is 139 Å². The lowest BCUT2D eigenvalue weighted by atomic mass is 10.0. The first-order chi connectivity index (χ1) is 8.84. The van der Waals surface area contributed by atoms with Crippen molar-refractivity contribution in [3.63, 3.8) is 0 Å². The Kier molecular flexibility index (Phi) is 8.62. The molecule has 0 fully saturated rings. The second-order valence-corrected chi connectivity index (χ2v) is 6.18. The van der Waals surface area contributed by atoms with Crippen molar-refractivity contribution in [2.24, 2.45) is 11.7 Å². The Morgan fingerprint density at radius 1 is 1.45 bits per heavy atom. The molecule has 1 amide bonds. The third kappa shape index (κ3) is 5.18. The molecule has 0 aromatic heterocycles. The van der Waals surface area contributed by atoms with Crippen LogP contribution in [0, 0.1) is 15.3 Å². The molecule has 0 spiro atoms. The molecule has 0 radical (unpaired) electrons. The van der Waals surface area contributed by atoms with E-state index in [-0.39, 0.29) is 29.9 Å². The summed E-state index contributed by atoms with van der Waals surface area (Å²) in [6.45, 7) is 4.63. The SMILES string of the molecule is CC(C)C(N)CCN(C)C(=O)c1c(F)cccc1I.Cl. The maximum atomic E-state index is 13.7. The zero-order valence-corrected chi connectivity index (χ0v) is 14.9. The molecule has 0 heterocycles. The van der Waals surface area contributed by atoms with Crippen LogP contribution < -0.4 is 5.73 Å². The smallest absolute Gasteiger partial charge is 0.257 e. The van der Waals surface area contributed by atoms with E-state index in [4.69, 9.17) is 5.73 Å². The molecule has 1 rings (SSSR count). The fraction of sp³-hybridized carbons (Fsp3) is 0.500. The molecule has 0 bridgehead atoms. The summed E-state index contributed by atoms with van der Waals surface area (Å²) in [4.78, 5) is 13.7. The van der Waals surface area contributed by atoms with Gasteiger partial charge in [0.25, 0.3) is 5.91 Å². The van der Waals surface area contributed by atoms with E-state index in [1.807, 2.05) is 36.4 Å². The zero-order valence-electron chi connectivity index (χ0n) is 11.9. The predicted octanol–water partition coefficient (Wildman–Crippen LogP) is 3.30. The molecule has 0 aliphatic heterocycles. The summed E-state index contributed by atoms with van der Waals surface area (Å²) in [5, 5.41) is 0. The van der Waals surface area contributed by atoms with Gasteiger partial charge in [0.05, 0.1) is 5.56 Å². The van der Waals surface area contributed by atoms with Gasteiger partial charge in [-0.15, -0.1) is 12.4 Å². The van der Waals surface area contributed by atoms with Gasteiger partial charge in [0, 0.05) is 23.2 Å². The van der Waals surface area contributed by atoms with E-state index < -0.39 is 5.82 Å². The van der Waals surface area contributed by atoms with Gasteiger partial charge < -0.3 is 10.6 Å². The first kappa shape index (κ1) is 19.6. The van der Waals surface area contributed by atoms with E-state index in [2.05, 4.69) is 0 Å². The highest BCUT2D eigenvalue weighted by molar-refractivity contribution is 14.1. The molecular formula is C14H21ClFIN2O. The number of nitrogens with two attached hydrogens (primary N) is 1. The average Bonchev–Trinajstić information content (AvgIpc) is 2.34. The molecule has 20 heavy (non-hydrogen) atoms. The van der Waals surface area contributed by atoms with Crippen molar-refractivity contribution in [2.45, 2.75) is 26.3 Å². The molecular weight excluding hydrogens is 394 g/mol. The Hall–Kier alpha value is -0.400. The number of amides is 1. The molecule has 0 aliphatic carbocycles. The fourth-order valence-electron chi connectivity index (χ4n) is 1.67. The quantitative estimate of drug-likeness (QED) is 0.752. The first-order valence-corrected chi connectivity index (χ1v) is 7.37. The molecule has 0 saturated heterocycles. The van der Waals surface area contributed by atoms with Gasteiger partial charge in [0.2, 0.25) is 0 Å². The van der Waals surface area contributed by atoms with Gasteiger partial charge in [-0.05, 0) is 47.1 Å². The van der Waals surface area contributed by atoms with Crippen LogP contribution in [-0.2, 0) is 0 Å². The Morgan fingerprint density at radius 3 is 2.55 bits per heavy atom. The third-order valence-corrected chi connectivity index (χ3v) is 4.08. The van der Waals surface area contributed by atoms with Crippen LogP contribution >= 0.6 is 35.0 Å². The van der Waals surface area contributed by atoms with E-state index in [9.17, 15) is 9.18 Å². The van der Waals surface area contributed by atoms with E-state index >= 15 is 0 Å². The maximum Gasteiger partial charge on any atom is 0.257 e. The molecule has 6 heteroatoms. The lowest BCUT2D eigenvalue weighted by Crippen LogP contribution is -2.35. The molecule has 1 aromatic carbocycles. The fourth-order valence-corrected chi connectivity index (χ4v) is 2.37. The van der Waals surface area contributed by atoms with Crippen molar-refractivity contribution in [1.29, 1.82) is 0 Å². The topological polar surface area (TPSA) is 46.3 Å². The molecule has 3 nitrogen and oxygen atoms in total. The van der Waals surface area contributed by atoms with Crippen LogP contribution in [0.25, 0.3) is 0 Å². The summed E-state index contributed by atoms with van der Waals surface area (Å²) < 4.78 is 14.3. The highest BCUT2D eigenvalue weighted by atomic mass is 127. The van der Waals surface area contributed by atoms with Crippen molar-refractivity contribution in [1.82, 2.24) is 4.90 Å². The van der Waals surface area contributed by atoms with Crippen LogP contribution in [0.3, 0.4) is 0 Å². The third-order valence-electron chi connectivity index (χ3n) is 3.18. The lowest BCUT2D eigenvalue weighted by molar-refractivity contribution is 0.0783. The summed E-state index contributed by atoms with van der Waals surface area (Å²) in [5.74, 6) is -0.396. The Balaban J connectivity index is 0.00000361. The average molecular weight is 415 g/mol. The largest absolute Gasteiger partial charge is 0.342 e. The van der Waals surface area contributed by atoms with Crippen LogP contribution in [0.5, 0.6) is 0 Å². The van der Waals surface area contributed by atoms with Crippen LogP contribution in [0.15, 0.2) is 18.2 Å². The number of nitrogens with zero attached hydrogens (tertiary/aromatic N) is 1. The van der Waals surface area contributed by atoms with Gasteiger partial charge in [0.1, 0.15) is 5.82 Å². The van der Waals surface area contributed by atoms with Crippen molar-refractivity contribution in [3.05, 3.63) is 33.1 Å². The summed E-state index contributed by atoms with van der Waals surface area (Å²) >= 11 is 1.97. The zero-order chi connectivity index (χ0) is 14.6. The second kappa shape index (κ2) is 8.79. The summed E-state index contributed by atoms with van der Waals surface area (Å²) in [6.07, 6.45) is 0.713. The van der Waals surface area contributed by atoms with Gasteiger partial charge in [0.15, 0.2) is 0 Å². The van der Waals surface area contributed by atoms with Crippen molar-refractivity contribution >= 4 is 40.9 Å². The van der Waals surface area contributed by atoms with E-state index in [0.29, 0.717) is 22.5 Å². The molecule has 2 N–H and O–H groups in total. The minimum Gasteiger partial charge on any atom is -0.342 e. The van der Waals surface area contributed by atoms with Gasteiger partial charge in [-0.1, -0.05) is 19.9 Å². The standard InChI is InChI=1S/C14H20FIN2O.ClH/c1-9(2)12(17)7-8-18(3)14(19)13-10(15)5-4-6-11(13)16;/h4-6,9,12H,7-8,17H2,1-3H3;1H. The van der Waals surface area contributed by atoms with E-state index in [0.717, 1.165) is 0 Å². The first-order valence-electron chi connectivity index (χ1n) is 6.29. The molecule has 1 unspecified atom stereocenters. The highest BCUT2D eigenvalue weighted by Gasteiger charge is 2.20. The highest BCUT2D eigenvalue weighted by Crippen LogP contribution is 2.18. The van der Waals surface area contributed by atoms with Gasteiger partial charge in [-0.25, -0.2) is 4.39 Å².